The fourth-order valence-electron chi connectivity index (χ4n) is 1.59. The van der Waals surface area contributed by atoms with Gasteiger partial charge >= 0.3 is 0 Å². The lowest BCUT2D eigenvalue weighted by atomic mass is 10.1. The van der Waals surface area contributed by atoms with Gasteiger partial charge in [-0.2, -0.15) is 5.10 Å². The Balaban J connectivity index is 1.95. The lowest BCUT2D eigenvalue weighted by Crippen LogP contribution is -1.94. The molecule has 17 heavy (non-hydrogen) atoms. The van der Waals surface area contributed by atoms with Crippen LogP contribution in [0.2, 0.25) is 0 Å². The first-order chi connectivity index (χ1) is 8.15. The molecular formula is C13H16BrN3. The molecule has 0 fully saturated rings. The molecule has 0 aliphatic rings. The summed E-state index contributed by atoms with van der Waals surface area (Å²) in [5.41, 5.74) is 1.32. The highest BCUT2D eigenvalue weighted by Gasteiger charge is 2.06. The first-order valence-corrected chi connectivity index (χ1v) is 6.60. The maximum absolute atomic E-state index is 4.47. The monoisotopic (exact) mass is 293 g/mol. The van der Waals surface area contributed by atoms with Gasteiger partial charge in [0.2, 0.25) is 0 Å². The molecule has 0 radical (unpaired) electrons. The summed E-state index contributed by atoms with van der Waals surface area (Å²) < 4.78 is 1.11. The first kappa shape index (κ1) is 12.3. The molecule has 3 nitrogen and oxygen atoms in total. The van der Waals surface area contributed by atoms with Crippen molar-refractivity contribution in [3.8, 4) is 0 Å². The van der Waals surface area contributed by atoms with Crippen molar-refractivity contribution in [2.24, 2.45) is 0 Å². The summed E-state index contributed by atoms with van der Waals surface area (Å²) in [4.78, 5) is 4.47. The maximum atomic E-state index is 4.47. The van der Waals surface area contributed by atoms with E-state index in [2.05, 4.69) is 69.2 Å². The summed E-state index contributed by atoms with van der Waals surface area (Å²) in [6.07, 6.45) is 1.89. The van der Waals surface area contributed by atoms with Gasteiger partial charge in [-0.3, -0.25) is 5.10 Å². The smallest absolute Gasteiger partial charge is 0.153 e. The molecule has 1 aromatic heterocycles. The van der Waals surface area contributed by atoms with Crippen LogP contribution < -0.4 is 0 Å². The standard InChI is InChI=1S/C13H16BrN3/c1-9(2)13-15-12(16-17-13)8-5-10-3-6-11(14)7-4-10/h3-4,6-7,9H,5,8H2,1-2H3,(H,15,16,17). The normalized spacial score (nSPS) is 11.1. The molecule has 1 heterocycles. The van der Waals surface area contributed by atoms with Gasteiger partial charge in [-0.1, -0.05) is 41.9 Å². The van der Waals surface area contributed by atoms with E-state index in [1.165, 1.54) is 5.56 Å². The molecule has 1 aromatic carbocycles. The number of H-pyrrole nitrogens is 1. The average molecular weight is 294 g/mol. The Labute approximate surface area is 110 Å². The zero-order valence-corrected chi connectivity index (χ0v) is 11.7. The van der Waals surface area contributed by atoms with Crippen LogP contribution in [0.4, 0.5) is 0 Å². The number of aryl methyl sites for hydroxylation is 2. The van der Waals surface area contributed by atoms with Crippen molar-refractivity contribution in [3.05, 3.63) is 46.0 Å². The largest absolute Gasteiger partial charge is 0.263 e. The summed E-state index contributed by atoms with van der Waals surface area (Å²) in [5, 5.41) is 7.20. The Hall–Kier alpha value is -1.16. The van der Waals surface area contributed by atoms with Gasteiger partial charge < -0.3 is 0 Å². The Morgan fingerprint density at radius 1 is 1.18 bits per heavy atom. The molecule has 0 saturated heterocycles. The van der Waals surface area contributed by atoms with Crippen LogP contribution >= 0.6 is 15.9 Å². The number of nitrogens with zero attached hydrogens (tertiary/aromatic N) is 2. The highest BCUT2D eigenvalue weighted by atomic mass is 79.9. The van der Waals surface area contributed by atoms with Crippen molar-refractivity contribution in [2.45, 2.75) is 32.6 Å². The third kappa shape index (κ3) is 3.40. The lowest BCUT2D eigenvalue weighted by molar-refractivity contribution is 0.780. The van der Waals surface area contributed by atoms with Crippen LogP contribution in [0, 0.1) is 0 Å². The average Bonchev–Trinajstić information content (AvgIpc) is 2.77. The number of hydrogen-bond donors (Lipinski definition) is 1. The van der Waals surface area contributed by atoms with Crippen molar-refractivity contribution in [1.29, 1.82) is 0 Å². The van der Waals surface area contributed by atoms with E-state index < -0.39 is 0 Å². The molecule has 0 spiro atoms. The molecule has 0 atom stereocenters. The van der Waals surface area contributed by atoms with Crippen molar-refractivity contribution in [2.75, 3.05) is 0 Å². The molecular weight excluding hydrogens is 278 g/mol. The summed E-state index contributed by atoms with van der Waals surface area (Å²) >= 11 is 3.43. The summed E-state index contributed by atoms with van der Waals surface area (Å²) in [6.45, 7) is 4.20. The molecule has 0 saturated carbocycles. The third-order valence-electron chi connectivity index (χ3n) is 2.63. The second-order valence-corrected chi connectivity index (χ2v) is 5.34. The molecule has 1 N–H and O–H groups in total. The van der Waals surface area contributed by atoms with Crippen molar-refractivity contribution >= 4 is 15.9 Å². The zero-order valence-electron chi connectivity index (χ0n) is 10.1. The fourth-order valence-corrected chi connectivity index (χ4v) is 1.86. The molecule has 0 aliphatic heterocycles. The first-order valence-electron chi connectivity index (χ1n) is 5.81. The minimum Gasteiger partial charge on any atom is -0.263 e. The van der Waals surface area contributed by atoms with E-state index in [-0.39, 0.29) is 0 Å². The fraction of sp³-hybridized carbons (Fsp3) is 0.385. The predicted octanol–water partition coefficient (Wildman–Crippen LogP) is 3.48. The van der Waals surface area contributed by atoms with Crippen LogP contribution in [-0.2, 0) is 12.8 Å². The second-order valence-electron chi connectivity index (χ2n) is 4.42. The van der Waals surface area contributed by atoms with E-state index in [1.54, 1.807) is 0 Å². The molecule has 90 valence electrons. The maximum Gasteiger partial charge on any atom is 0.153 e. The van der Waals surface area contributed by atoms with E-state index in [0.29, 0.717) is 5.92 Å². The van der Waals surface area contributed by atoms with Crippen LogP contribution in [-0.4, -0.2) is 15.2 Å². The summed E-state index contributed by atoms with van der Waals surface area (Å²) in [5.74, 6) is 2.25. The quantitative estimate of drug-likeness (QED) is 0.938. The van der Waals surface area contributed by atoms with E-state index >= 15 is 0 Å². The second kappa shape index (κ2) is 5.45. The summed E-state index contributed by atoms with van der Waals surface area (Å²) in [6, 6.07) is 8.39. The Bertz CT molecular complexity index is 474. The molecule has 2 aromatic rings. The van der Waals surface area contributed by atoms with Gasteiger partial charge in [0.25, 0.3) is 0 Å². The SMILES string of the molecule is CC(C)c1n[nH]c(CCc2ccc(Br)cc2)n1. The molecule has 2 rings (SSSR count). The van der Waals surface area contributed by atoms with Gasteiger partial charge in [-0.15, -0.1) is 0 Å². The highest BCUT2D eigenvalue weighted by molar-refractivity contribution is 9.10. The number of benzene rings is 1. The number of halogens is 1. The predicted molar refractivity (Wildman–Crippen MR) is 72.0 cm³/mol. The molecule has 4 heteroatoms. The Kier molecular flexibility index (Phi) is 3.94. The number of aromatic amines is 1. The third-order valence-corrected chi connectivity index (χ3v) is 3.16. The molecule has 0 aliphatic carbocycles. The van der Waals surface area contributed by atoms with Crippen LogP contribution in [0.1, 0.15) is 37.0 Å². The number of rotatable bonds is 4. The van der Waals surface area contributed by atoms with Crippen molar-refractivity contribution < 1.29 is 0 Å². The van der Waals surface area contributed by atoms with Crippen LogP contribution in [0.3, 0.4) is 0 Å². The van der Waals surface area contributed by atoms with E-state index in [0.717, 1.165) is 29.0 Å². The van der Waals surface area contributed by atoms with Crippen molar-refractivity contribution in [1.82, 2.24) is 15.2 Å². The van der Waals surface area contributed by atoms with Crippen LogP contribution in [0.5, 0.6) is 0 Å². The van der Waals surface area contributed by atoms with E-state index in [9.17, 15) is 0 Å². The molecule has 0 bridgehead atoms. The Morgan fingerprint density at radius 2 is 1.88 bits per heavy atom. The van der Waals surface area contributed by atoms with Crippen molar-refractivity contribution in [3.63, 3.8) is 0 Å². The number of aromatic nitrogens is 3. The lowest BCUT2D eigenvalue weighted by Gasteiger charge is -1.99. The highest BCUT2D eigenvalue weighted by Crippen LogP contribution is 2.13. The number of hydrogen-bond acceptors (Lipinski definition) is 2. The van der Waals surface area contributed by atoms with E-state index in [1.807, 2.05) is 0 Å². The zero-order chi connectivity index (χ0) is 12.3. The summed E-state index contributed by atoms with van der Waals surface area (Å²) in [7, 11) is 0. The molecule has 0 unspecified atom stereocenters. The van der Waals surface area contributed by atoms with Crippen LogP contribution in [0.15, 0.2) is 28.7 Å². The van der Waals surface area contributed by atoms with Gasteiger partial charge in [0.05, 0.1) is 0 Å². The van der Waals surface area contributed by atoms with Gasteiger partial charge in [-0.25, -0.2) is 4.98 Å². The minimum absolute atomic E-state index is 0.382. The minimum atomic E-state index is 0.382. The van der Waals surface area contributed by atoms with Gasteiger partial charge in [0, 0.05) is 16.8 Å². The van der Waals surface area contributed by atoms with E-state index in [4.69, 9.17) is 0 Å². The Morgan fingerprint density at radius 3 is 2.47 bits per heavy atom. The number of nitrogens with one attached hydrogen (secondary N) is 1. The van der Waals surface area contributed by atoms with Gasteiger partial charge in [-0.05, 0) is 24.1 Å². The topological polar surface area (TPSA) is 41.6 Å². The molecule has 0 amide bonds. The van der Waals surface area contributed by atoms with Gasteiger partial charge in [0.1, 0.15) is 5.82 Å². The van der Waals surface area contributed by atoms with Gasteiger partial charge in [0.15, 0.2) is 5.82 Å². The van der Waals surface area contributed by atoms with Crippen LogP contribution in [0.25, 0.3) is 0 Å².